The maximum absolute atomic E-state index is 8.91. The van der Waals surface area contributed by atoms with Gasteiger partial charge in [-0.15, -0.1) is 11.5 Å². The van der Waals surface area contributed by atoms with Crippen molar-refractivity contribution in [3.63, 3.8) is 0 Å². The van der Waals surface area contributed by atoms with Gasteiger partial charge in [-0.3, -0.25) is 0 Å². The molecule has 0 amide bonds. The second kappa shape index (κ2) is 4.78. The van der Waals surface area contributed by atoms with Crippen molar-refractivity contribution < 1.29 is 0 Å². The average molecular weight is 220 g/mol. The highest BCUT2D eigenvalue weighted by Crippen LogP contribution is 2.17. The molecule has 0 spiro atoms. The fourth-order valence-electron chi connectivity index (χ4n) is 1.34. The van der Waals surface area contributed by atoms with Gasteiger partial charge in [0, 0.05) is 11.3 Å². The Hall–Kier alpha value is -2.85. The van der Waals surface area contributed by atoms with E-state index >= 15 is 0 Å². The van der Waals surface area contributed by atoms with Crippen molar-refractivity contribution in [1.29, 1.82) is 5.26 Å². The molecule has 0 atom stereocenters. The van der Waals surface area contributed by atoms with Gasteiger partial charge in [-0.25, -0.2) is 0 Å². The summed E-state index contributed by atoms with van der Waals surface area (Å²) in [5, 5.41) is 19.5. The molecule has 1 aromatic carbocycles. The number of terminal acetylenes is 1. The zero-order valence-corrected chi connectivity index (χ0v) is 8.88. The van der Waals surface area contributed by atoms with E-state index in [1.807, 2.05) is 24.3 Å². The summed E-state index contributed by atoms with van der Waals surface area (Å²) in [6, 6.07) is 10.9. The van der Waals surface area contributed by atoms with Crippen LogP contribution < -0.4 is 5.32 Å². The van der Waals surface area contributed by atoms with Crippen LogP contribution in [0.3, 0.4) is 0 Å². The van der Waals surface area contributed by atoms with Crippen molar-refractivity contribution >= 4 is 11.5 Å². The number of rotatable bonds is 2. The van der Waals surface area contributed by atoms with Crippen LogP contribution in [0, 0.1) is 23.7 Å². The summed E-state index contributed by atoms with van der Waals surface area (Å²) in [7, 11) is 0. The lowest BCUT2D eigenvalue weighted by Gasteiger charge is -2.06. The molecule has 2 aromatic rings. The number of hydrogen-bond acceptors (Lipinski definition) is 4. The lowest BCUT2D eigenvalue weighted by Crippen LogP contribution is -1.98. The SMILES string of the molecule is C#Cc1cccc(Nc2nnccc2C#N)c1. The number of nitriles is 1. The van der Waals surface area contributed by atoms with E-state index in [0.29, 0.717) is 11.4 Å². The third kappa shape index (κ3) is 2.39. The molecule has 0 bridgehead atoms. The van der Waals surface area contributed by atoms with E-state index in [2.05, 4.69) is 21.4 Å². The molecule has 0 aliphatic carbocycles. The quantitative estimate of drug-likeness (QED) is 0.787. The topological polar surface area (TPSA) is 61.6 Å². The first kappa shape index (κ1) is 10.7. The van der Waals surface area contributed by atoms with Gasteiger partial charge < -0.3 is 5.32 Å². The summed E-state index contributed by atoms with van der Waals surface area (Å²) in [5.74, 6) is 2.96. The Balaban J connectivity index is 2.32. The average Bonchev–Trinajstić information content (AvgIpc) is 2.39. The molecular formula is C13H8N4. The lowest BCUT2D eigenvalue weighted by molar-refractivity contribution is 1.03. The number of benzene rings is 1. The van der Waals surface area contributed by atoms with Crippen molar-refractivity contribution in [3.05, 3.63) is 47.7 Å². The number of hydrogen-bond donors (Lipinski definition) is 1. The van der Waals surface area contributed by atoms with Gasteiger partial charge in [0.05, 0.1) is 11.8 Å². The molecule has 0 aliphatic heterocycles. The van der Waals surface area contributed by atoms with Crippen LogP contribution in [0.15, 0.2) is 36.5 Å². The summed E-state index contributed by atoms with van der Waals surface area (Å²) < 4.78 is 0. The summed E-state index contributed by atoms with van der Waals surface area (Å²) in [5.41, 5.74) is 1.97. The molecule has 0 aliphatic rings. The smallest absolute Gasteiger partial charge is 0.171 e. The zero-order chi connectivity index (χ0) is 12.1. The summed E-state index contributed by atoms with van der Waals surface area (Å²) in [6.45, 7) is 0. The highest BCUT2D eigenvalue weighted by Gasteiger charge is 2.03. The molecule has 0 saturated heterocycles. The summed E-state index contributed by atoms with van der Waals surface area (Å²) in [4.78, 5) is 0. The molecule has 0 fully saturated rings. The highest BCUT2D eigenvalue weighted by atomic mass is 15.2. The van der Waals surface area contributed by atoms with E-state index < -0.39 is 0 Å². The van der Waals surface area contributed by atoms with Crippen molar-refractivity contribution in [3.8, 4) is 18.4 Å². The van der Waals surface area contributed by atoms with Gasteiger partial charge in [-0.2, -0.15) is 10.4 Å². The molecule has 80 valence electrons. The van der Waals surface area contributed by atoms with Gasteiger partial charge in [0.1, 0.15) is 6.07 Å². The molecule has 1 aromatic heterocycles. The van der Waals surface area contributed by atoms with Crippen LogP contribution in [0.1, 0.15) is 11.1 Å². The van der Waals surface area contributed by atoms with Crippen molar-refractivity contribution in [2.75, 3.05) is 5.32 Å². The second-order valence-corrected chi connectivity index (χ2v) is 3.26. The molecule has 4 nitrogen and oxygen atoms in total. The third-order valence-electron chi connectivity index (χ3n) is 2.13. The minimum Gasteiger partial charge on any atom is -0.338 e. The van der Waals surface area contributed by atoms with Crippen molar-refractivity contribution in [1.82, 2.24) is 10.2 Å². The van der Waals surface area contributed by atoms with Crippen LogP contribution in [-0.2, 0) is 0 Å². The Labute approximate surface area is 98.9 Å². The molecule has 4 heteroatoms. The van der Waals surface area contributed by atoms with E-state index in [9.17, 15) is 0 Å². The predicted molar refractivity (Wildman–Crippen MR) is 64.4 cm³/mol. The minimum absolute atomic E-state index is 0.421. The molecule has 2 rings (SSSR count). The summed E-state index contributed by atoms with van der Waals surface area (Å²) >= 11 is 0. The predicted octanol–water partition coefficient (Wildman–Crippen LogP) is 2.07. The maximum Gasteiger partial charge on any atom is 0.171 e. The maximum atomic E-state index is 8.91. The second-order valence-electron chi connectivity index (χ2n) is 3.26. The van der Waals surface area contributed by atoms with Crippen molar-refractivity contribution in [2.45, 2.75) is 0 Å². The van der Waals surface area contributed by atoms with Crippen LogP contribution in [0.2, 0.25) is 0 Å². The fourth-order valence-corrected chi connectivity index (χ4v) is 1.34. The van der Waals surface area contributed by atoms with Crippen LogP contribution in [0.5, 0.6) is 0 Å². The first-order chi connectivity index (χ1) is 8.33. The first-order valence-electron chi connectivity index (χ1n) is 4.89. The molecule has 1 heterocycles. The van der Waals surface area contributed by atoms with Gasteiger partial charge in [-0.1, -0.05) is 12.0 Å². The van der Waals surface area contributed by atoms with Gasteiger partial charge in [-0.05, 0) is 24.3 Å². The van der Waals surface area contributed by atoms with E-state index in [0.717, 1.165) is 11.3 Å². The van der Waals surface area contributed by atoms with Crippen LogP contribution in [-0.4, -0.2) is 10.2 Å². The Kier molecular flexibility index (Phi) is 3.00. The van der Waals surface area contributed by atoms with Crippen LogP contribution in [0.4, 0.5) is 11.5 Å². The monoisotopic (exact) mass is 220 g/mol. The molecule has 0 saturated carbocycles. The minimum atomic E-state index is 0.421. The zero-order valence-electron chi connectivity index (χ0n) is 8.88. The van der Waals surface area contributed by atoms with E-state index in [1.54, 1.807) is 12.1 Å². The summed E-state index contributed by atoms with van der Waals surface area (Å²) in [6.07, 6.45) is 6.78. The fraction of sp³-hybridized carbons (Fsp3) is 0. The van der Waals surface area contributed by atoms with Crippen LogP contribution in [0.25, 0.3) is 0 Å². The van der Waals surface area contributed by atoms with E-state index in [-0.39, 0.29) is 0 Å². The van der Waals surface area contributed by atoms with Gasteiger partial charge in [0.25, 0.3) is 0 Å². The molecular weight excluding hydrogens is 212 g/mol. The normalized spacial score (nSPS) is 9.06. The Morgan fingerprint density at radius 3 is 2.94 bits per heavy atom. The first-order valence-corrected chi connectivity index (χ1v) is 4.89. The Morgan fingerprint density at radius 1 is 1.29 bits per heavy atom. The third-order valence-corrected chi connectivity index (χ3v) is 2.13. The van der Waals surface area contributed by atoms with E-state index in [4.69, 9.17) is 11.7 Å². The largest absolute Gasteiger partial charge is 0.338 e. The molecule has 0 unspecified atom stereocenters. The van der Waals surface area contributed by atoms with Gasteiger partial charge in [0.2, 0.25) is 0 Å². The van der Waals surface area contributed by atoms with E-state index in [1.165, 1.54) is 6.20 Å². The Morgan fingerprint density at radius 2 is 2.18 bits per heavy atom. The lowest BCUT2D eigenvalue weighted by atomic mass is 10.2. The van der Waals surface area contributed by atoms with Gasteiger partial charge in [0.15, 0.2) is 5.82 Å². The highest BCUT2D eigenvalue weighted by molar-refractivity contribution is 5.63. The molecule has 0 radical (unpaired) electrons. The standard InChI is InChI=1S/C13H8N4/c1-2-10-4-3-5-12(8-10)16-13-11(9-14)6-7-15-17-13/h1,3-8H,(H,16,17). The molecule has 1 N–H and O–H groups in total. The number of nitrogens with one attached hydrogen (secondary N) is 1. The van der Waals surface area contributed by atoms with Crippen LogP contribution >= 0.6 is 0 Å². The van der Waals surface area contributed by atoms with Gasteiger partial charge >= 0.3 is 0 Å². The number of anilines is 2. The van der Waals surface area contributed by atoms with Crippen molar-refractivity contribution in [2.24, 2.45) is 0 Å². The number of aromatic nitrogens is 2. The number of nitrogens with zero attached hydrogens (tertiary/aromatic N) is 3. The Bertz CT molecular complexity index is 620. The molecule has 17 heavy (non-hydrogen) atoms.